The molecule has 134 valence electrons. The van der Waals surface area contributed by atoms with Gasteiger partial charge < -0.3 is 4.90 Å². The van der Waals surface area contributed by atoms with Crippen LogP contribution in [-0.2, 0) is 11.3 Å². The maximum Gasteiger partial charge on any atom is 0.239 e. The number of likely N-dealkylation sites (N-methyl/N-ethyl adjacent to an activating group) is 1. The lowest BCUT2D eigenvalue weighted by atomic mass is 10.1. The number of aromatic nitrogens is 2. The van der Waals surface area contributed by atoms with E-state index in [2.05, 4.69) is 24.0 Å². The normalized spacial score (nSPS) is 15.8. The predicted molar refractivity (Wildman–Crippen MR) is 99.8 cm³/mol. The van der Waals surface area contributed by atoms with Crippen molar-refractivity contribution in [1.29, 1.82) is 0 Å². The van der Waals surface area contributed by atoms with E-state index >= 15 is 0 Å². The third-order valence-corrected chi connectivity index (χ3v) is 5.29. The Morgan fingerprint density at radius 2 is 1.84 bits per heavy atom. The van der Waals surface area contributed by atoms with Gasteiger partial charge in [0.1, 0.15) is 0 Å². The third kappa shape index (κ3) is 3.61. The molecule has 1 atom stereocenters. The minimum atomic E-state index is -0.114. The Hall–Kier alpha value is -2.14. The molecule has 1 aromatic heterocycles. The van der Waals surface area contributed by atoms with E-state index in [0.29, 0.717) is 0 Å². The van der Waals surface area contributed by atoms with Gasteiger partial charge in [-0.2, -0.15) is 5.10 Å². The van der Waals surface area contributed by atoms with Crippen molar-refractivity contribution in [3.63, 3.8) is 0 Å². The highest BCUT2D eigenvalue weighted by atomic mass is 16.2. The highest BCUT2D eigenvalue weighted by Gasteiger charge is 2.27. The van der Waals surface area contributed by atoms with Gasteiger partial charge in [0.2, 0.25) is 5.91 Å². The lowest BCUT2D eigenvalue weighted by Gasteiger charge is -2.28. The molecule has 3 rings (SSSR count). The van der Waals surface area contributed by atoms with Gasteiger partial charge in [0.15, 0.2) is 0 Å². The number of hydrogen-bond acceptors (Lipinski definition) is 3. The molecular weight excluding hydrogens is 312 g/mol. The van der Waals surface area contributed by atoms with Gasteiger partial charge in [0.25, 0.3) is 0 Å². The molecule has 0 radical (unpaired) electrons. The number of carbonyl (C=O) groups is 1. The van der Waals surface area contributed by atoms with E-state index in [4.69, 9.17) is 5.10 Å². The number of benzene rings is 1. The summed E-state index contributed by atoms with van der Waals surface area (Å²) in [5.74, 6) is 0.241. The summed E-state index contributed by atoms with van der Waals surface area (Å²) in [5, 5.41) is 4.71. The van der Waals surface area contributed by atoms with Gasteiger partial charge in [0.05, 0.1) is 17.4 Å². The number of hydrogen-bond donors (Lipinski definition) is 0. The molecule has 1 aromatic carbocycles. The molecule has 0 N–H and O–H groups in total. The second-order valence-corrected chi connectivity index (χ2v) is 7.02. The van der Waals surface area contributed by atoms with Crippen LogP contribution in [-0.4, -0.2) is 51.7 Å². The highest BCUT2D eigenvalue weighted by molar-refractivity contribution is 5.81. The quantitative estimate of drug-likeness (QED) is 0.840. The number of rotatable bonds is 5. The Morgan fingerprint density at radius 1 is 1.20 bits per heavy atom. The van der Waals surface area contributed by atoms with Crippen LogP contribution in [0.4, 0.5) is 0 Å². The van der Waals surface area contributed by atoms with Crippen LogP contribution < -0.4 is 0 Å². The molecule has 1 amide bonds. The summed E-state index contributed by atoms with van der Waals surface area (Å²) in [6, 6.07) is 10.1. The summed E-state index contributed by atoms with van der Waals surface area (Å²) in [4.78, 5) is 16.8. The summed E-state index contributed by atoms with van der Waals surface area (Å²) in [7, 11) is 2.03. The number of aryl methyl sites for hydroxylation is 1. The summed E-state index contributed by atoms with van der Waals surface area (Å²) >= 11 is 0. The first kappa shape index (κ1) is 17.7. The maximum absolute atomic E-state index is 12.6. The Kier molecular flexibility index (Phi) is 5.23. The molecule has 1 aliphatic heterocycles. The molecule has 5 nitrogen and oxygen atoms in total. The minimum Gasteiger partial charge on any atom is -0.341 e. The van der Waals surface area contributed by atoms with Crippen molar-refractivity contribution < 1.29 is 4.79 Å². The topological polar surface area (TPSA) is 41.4 Å². The van der Waals surface area contributed by atoms with Gasteiger partial charge in [-0.25, -0.2) is 4.68 Å². The van der Waals surface area contributed by atoms with E-state index in [9.17, 15) is 4.79 Å². The van der Waals surface area contributed by atoms with E-state index in [0.717, 1.165) is 49.6 Å². The molecule has 1 saturated heterocycles. The van der Waals surface area contributed by atoms with Crippen LogP contribution in [0, 0.1) is 13.8 Å². The second kappa shape index (κ2) is 7.40. The summed E-state index contributed by atoms with van der Waals surface area (Å²) in [6.07, 6.45) is 2.26. The minimum absolute atomic E-state index is 0.114. The summed E-state index contributed by atoms with van der Waals surface area (Å²) in [6.45, 7) is 8.69. The summed E-state index contributed by atoms with van der Waals surface area (Å²) < 4.78 is 1.99. The zero-order valence-electron chi connectivity index (χ0n) is 15.7. The zero-order valence-corrected chi connectivity index (χ0v) is 15.7. The van der Waals surface area contributed by atoms with E-state index in [1.807, 2.05) is 48.7 Å². The first-order chi connectivity index (χ1) is 12.0. The molecule has 0 aliphatic carbocycles. The lowest BCUT2D eigenvalue weighted by Crippen LogP contribution is -2.44. The fourth-order valence-corrected chi connectivity index (χ4v) is 3.50. The van der Waals surface area contributed by atoms with Crippen molar-refractivity contribution in [2.24, 2.45) is 0 Å². The van der Waals surface area contributed by atoms with Crippen molar-refractivity contribution >= 4 is 5.91 Å². The molecule has 0 spiro atoms. The Balaban J connectivity index is 1.76. The molecule has 0 saturated carbocycles. The van der Waals surface area contributed by atoms with Crippen LogP contribution in [0.3, 0.4) is 0 Å². The largest absolute Gasteiger partial charge is 0.341 e. The standard InChI is InChI=1S/C20H28N4O/c1-15-19(16(2)24(21-15)18-10-6-5-7-11-18)14-22(4)17(3)20(25)23-12-8-9-13-23/h5-7,10-11,17H,8-9,12-14H2,1-4H3. The lowest BCUT2D eigenvalue weighted by molar-refractivity contribution is -0.135. The molecular formula is C20H28N4O. The van der Waals surface area contributed by atoms with Gasteiger partial charge in [-0.15, -0.1) is 0 Å². The number of para-hydroxylation sites is 1. The number of carbonyl (C=O) groups excluding carboxylic acids is 1. The van der Waals surface area contributed by atoms with Crippen molar-refractivity contribution in [1.82, 2.24) is 19.6 Å². The Bertz CT molecular complexity index is 732. The van der Waals surface area contributed by atoms with Crippen LogP contribution in [0.15, 0.2) is 30.3 Å². The second-order valence-electron chi connectivity index (χ2n) is 7.02. The van der Waals surface area contributed by atoms with Crippen LogP contribution in [0.1, 0.15) is 36.7 Å². The van der Waals surface area contributed by atoms with Crippen LogP contribution in [0.5, 0.6) is 0 Å². The van der Waals surface area contributed by atoms with Crippen LogP contribution in [0.2, 0.25) is 0 Å². The number of nitrogens with zero attached hydrogens (tertiary/aromatic N) is 4. The molecule has 1 fully saturated rings. The van der Waals surface area contributed by atoms with E-state index in [1.54, 1.807) is 0 Å². The van der Waals surface area contributed by atoms with Crippen LogP contribution in [0.25, 0.3) is 5.69 Å². The molecule has 5 heteroatoms. The first-order valence-electron chi connectivity index (χ1n) is 9.08. The van der Waals surface area contributed by atoms with Crippen molar-refractivity contribution in [2.45, 2.75) is 46.2 Å². The van der Waals surface area contributed by atoms with E-state index in [1.165, 1.54) is 5.56 Å². The molecule has 2 heterocycles. The first-order valence-corrected chi connectivity index (χ1v) is 9.08. The number of likely N-dealkylation sites (tertiary alicyclic amines) is 1. The van der Waals surface area contributed by atoms with E-state index in [-0.39, 0.29) is 11.9 Å². The average Bonchev–Trinajstić information content (AvgIpc) is 3.25. The SMILES string of the molecule is Cc1nn(-c2ccccc2)c(C)c1CN(C)C(C)C(=O)N1CCCC1. The molecule has 1 unspecified atom stereocenters. The third-order valence-electron chi connectivity index (χ3n) is 5.29. The van der Waals surface area contributed by atoms with Gasteiger partial charge in [-0.1, -0.05) is 18.2 Å². The fraction of sp³-hybridized carbons (Fsp3) is 0.500. The fourth-order valence-electron chi connectivity index (χ4n) is 3.50. The molecule has 1 aliphatic rings. The molecule has 25 heavy (non-hydrogen) atoms. The molecule has 2 aromatic rings. The Labute approximate surface area is 150 Å². The zero-order chi connectivity index (χ0) is 18.0. The predicted octanol–water partition coefficient (Wildman–Crippen LogP) is 2.93. The van der Waals surface area contributed by atoms with Gasteiger partial charge in [-0.3, -0.25) is 9.69 Å². The van der Waals surface area contributed by atoms with Gasteiger partial charge >= 0.3 is 0 Å². The Morgan fingerprint density at radius 3 is 2.48 bits per heavy atom. The number of amides is 1. The monoisotopic (exact) mass is 340 g/mol. The maximum atomic E-state index is 12.6. The smallest absolute Gasteiger partial charge is 0.239 e. The highest BCUT2D eigenvalue weighted by Crippen LogP contribution is 2.20. The van der Waals surface area contributed by atoms with Crippen molar-refractivity contribution in [3.05, 3.63) is 47.3 Å². The van der Waals surface area contributed by atoms with E-state index < -0.39 is 0 Å². The van der Waals surface area contributed by atoms with Crippen molar-refractivity contribution in [3.8, 4) is 5.69 Å². The summed E-state index contributed by atoms with van der Waals surface area (Å²) in [5.41, 5.74) is 4.43. The van der Waals surface area contributed by atoms with Crippen molar-refractivity contribution in [2.75, 3.05) is 20.1 Å². The van der Waals surface area contributed by atoms with Gasteiger partial charge in [0, 0.05) is 30.9 Å². The molecule has 0 bridgehead atoms. The van der Waals surface area contributed by atoms with Gasteiger partial charge in [-0.05, 0) is 52.8 Å². The average molecular weight is 340 g/mol. The van der Waals surface area contributed by atoms with Crippen LogP contribution >= 0.6 is 0 Å².